The van der Waals surface area contributed by atoms with E-state index in [1.807, 2.05) is 60.4 Å². The Hall–Kier alpha value is -2.78. The van der Waals surface area contributed by atoms with Crippen LogP contribution in [0.5, 0.6) is 0 Å². The Balaban J connectivity index is 1.44. The van der Waals surface area contributed by atoms with Crippen LogP contribution in [0.3, 0.4) is 0 Å². The first-order chi connectivity index (χ1) is 16.5. The van der Waals surface area contributed by atoms with Crippen LogP contribution < -0.4 is 5.32 Å². The molecular formula is C25H31BrN6O2. The van der Waals surface area contributed by atoms with E-state index in [0.29, 0.717) is 18.8 Å². The second-order valence-corrected chi connectivity index (χ2v) is 9.85. The molecule has 2 amide bonds. The van der Waals surface area contributed by atoms with E-state index in [-0.39, 0.29) is 18.1 Å². The molecule has 180 valence electrons. The van der Waals surface area contributed by atoms with Gasteiger partial charge in [-0.15, -0.1) is 10.2 Å². The smallest absolute Gasteiger partial charge is 0.318 e. The first kappa shape index (κ1) is 24.3. The van der Waals surface area contributed by atoms with E-state index < -0.39 is 6.10 Å². The fraction of sp³-hybridized carbons (Fsp3) is 0.440. The summed E-state index contributed by atoms with van der Waals surface area (Å²) >= 11 is 3.46. The number of aromatic nitrogens is 4. The van der Waals surface area contributed by atoms with Gasteiger partial charge in [-0.25, -0.2) is 4.79 Å². The summed E-state index contributed by atoms with van der Waals surface area (Å²) in [5.74, 6) is 0.469. The zero-order valence-electron chi connectivity index (χ0n) is 19.3. The van der Waals surface area contributed by atoms with Crippen LogP contribution in [0.4, 0.5) is 4.79 Å². The fourth-order valence-electron chi connectivity index (χ4n) is 4.46. The number of aliphatic hydroxyl groups excluding tert-OH is 1. The highest BCUT2D eigenvalue weighted by Crippen LogP contribution is 2.26. The molecule has 3 aromatic rings. The van der Waals surface area contributed by atoms with Crippen LogP contribution in [-0.4, -0.2) is 42.7 Å². The van der Waals surface area contributed by atoms with Gasteiger partial charge >= 0.3 is 6.03 Å². The van der Waals surface area contributed by atoms with Gasteiger partial charge in [0.05, 0.1) is 12.1 Å². The van der Waals surface area contributed by atoms with Gasteiger partial charge in [-0.05, 0) is 48.6 Å². The number of aromatic amines is 1. The lowest BCUT2D eigenvalue weighted by Crippen LogP contribution is -2.47. The zero-order chi connectivity index (χ0) is 23.9. The molecule has 1 aliphatic carbocycles. The number of amides is 2. The van der Waals surface area contributed by atoms with Crippen LogP contribution in [-0.2, 0) is 13.0 Å². The van der Waals surface area contributed by atoms with Crippen LogP contribution in [0, 0.1) is 0 Å². The van der Waals surface area contributed by atoms with Crippen molar-refractivity contribution in [1.82, 2.24) is 30.8 Å². The molecule has 9 heteroatoms. The molecule has 0 unspecified atom stereocenters. The molecule has 1 fully saturated rings. The second-order valence-electron chi connectivity index (χ2n) is 8.93. The average Bonchev–Trinajstić information content (AvgIpc) is 3.36. The largest absolute Gasteiger partial charge is 0.388 e. The summed E-state index contributed by atoms with van der Waals surface area (Å²) in [7, 11) is 0. The maximum atomic E-state index is 13.4. The highest BCUT2D eigenvalue weighted by atomic mass is 79.9. The van der Waals surface area contributed by atoms with Gasteiger partial charge in [0.2, 0.25) is 0 Å². The number of H-pyrrole nitrogens is 1. The molecule has 0 radical (unpaired) electrons. The van der Waals surface area contributed by atoms with Crippen molar-refractivity contribution >= 4 is 22.0 Å². The van der Waals surface area contributed by atoms with Crippen molar-refractivity contribution in [3.05, 3.63) is 75.5 Å². The van der Waals surface area contributed by atoms with Crippen molar-refractivity contribution in [2.75, 3.05) is 0 Å². The highest BCUT2D eigenvalue weighted by Gasteiger charge is 2.27. The summed E-state index contributed by atoms with van der Waals surface area (Å²) in [6.45, 7) is 2.55. The summed E-state index contributed by atoms with van der Waals surface area (Å²) in [5, 5.41) is 27.4. The number of aliphatic hydroxyl groups is 1. The Bertz CT molecular complexity index is 1040. The molecule has 1 aromatic heterocycles. The molecule has 1 saturated carbocycles. The normalized spacial score (nSPS) is 16.1. The third kappa shape index (κ3) is 6.42. The minimum Gasteiger partial charge on any atom is -0.388 e. The average molecular weight is 527 g/mol. The number of hydrogen-bond acceptors (Lipinski definition) is 5. The Labute approximate surface area is 208 Å². The Morgan fingerprint density at radius 1 is 1.12 bits per heavy atom. The van der Waals surface area contributed by atoms with Crippen molar-refractivity contribution < 1.29 is 9.90 Å². The standard InChI is InChI=1S/C25H31BrN6O2/c1-17(19-11-13-21(26)14-12-19)27-25(34)32(22-5-3-2-4-6-22)16-18-7-9-20(10-8-18)23(33)15-24-28-30-31-29-24/h7-14,17,22-23,33H,2-6,15-16H2,1H3,(H,27,34)(H,28,29,30,31)/t17-,23-/m1/s1. The number of nitrogens with one attached hydrogen (secondary N) is 2. The van der Waals surface area contributed by atoms with Gasteiger partial charge in [0.1, 0.15) is 0 Å². The number of halogens is 1. The molecule has 0 spiro atoms. The van der Waals surface area contributed by atoms with E-state index in [9.17, 15) is 9.90 Å². The third-order valence-corrected chi connectivity index (χ3v) is 7.00. The minimum atomic E-state index is -0.712. The minimum absolute atomic E-state index is 0.0384. The first-order valence-electron chi connectivity index (χ1n) is 11.8. The Morgan fingerprint density at radius 3 is 2.44 bits per heavy atom. The summed E-state index contributed by atoms with van der Waals surface area (Å²) < 4.78 is 1.02. The molecule has 0 bridgehead atoms. The lowest BCUT2D eigenvalue weighted by atomic mass is 9.94. The summed E-state index contributed by atoms with van der Waals surface area (Å²) in [6.07, 6.45) is 5.17. The lowest BCUT2D eigenvalue weighted by molar-refractivity contribution is 0.148. The predicted octanol–water partition coefficient (Wildman–Crippen LogP) is 4.84. The van der Waals surface area contributed by atoms with Crippen LogP contribution in [0.2, 0.25) is 0 Å². The van der Waals surface area contributed by atoms with E-state index >= 15 is 0 Å². The Kier molecular flexibility index (Phi) is 8.29. The maximum Gasteiger partial charge on any atom is 0.318 e. The number of tetrazole rings is 1. The number of carbonyl (C=O) groups is 1. The van der Waals surface area contributed by atoms with Gasteiger partial charge in [-0.2, -0.15) is 5.21 Å². The fourth-order valence-corrected chi connectivity index (χ4v) is 4.73. The SMILES string of the molecule is C[C@@H](NC(=O)N(Cc1ccc([C@H](O)Cc2nn[nH]n2)cc1)C1CCCCC1)c1ccc(Br)cc1. The molecule has 2 atom stereocenters. The highest BCUT2D eigenvalue weighted by molar-refractivity contribution is 9.10. The molecule has 1 aliphatic rings. The van der Waals surface area contributed by atoms with E-state index in [1.54, 1.807) is 0 Å². The quantitative estimate of drug-likeness (QED) is 0.389. The van der Waals surface area contributed by atoms with Crippen molar-refractivity contribution in [2.45, 2.75) is 70.2 Å². The molecule has 2 aromatic carbocycles. The molecule has 0 saturated heterocycles. The number of carbonyl (C=O) groups excluding carboxylic acids is 1. The van der Waals surface area contributed by atoms with Crippen molar-refractivity contribution in [1.29, 1.82) is 0 Å². The second kappa shape index (κ2) is 11.6. The number of hydrogen-bond donors (Lipinski definition) is 3. The molecule has 8 nitrogen and oxygen atoms in total. The predicted molar refractivity (Wildman–Crippen MR) is 133 cm³/mol. The molecule has 0 aliphatic heterocycles. The topological polar surface area (TPSA) is 107 Å². The van der Waals surface area contributed by atoms with Gasteiger partial charge in [0.15, 0.2) is 5.82 Å². The molecule has 1 heterocycles. The third-order valence-electron chi connectivity index (χ3n) is 6.47. The van der Waals surface area contributed by atoms with Crippen LogP contribution in [0.15, 0.2) is 53.0 Å². The molecular weight excluding hydrogens is 496 g/mol. The zero-order valence-corrected chi connectivity index (χ0v) is 20.9. The summed E-state index contributed by atoms with van der Waals surface area (Å²) in [4.78, 5) is 15.4. The van der Waals surface area contributed by atoms with Crippen LogP contribution in [0.25, 0.3) is 0 Å². The molecule has 3 N–H and O–H groups in total. The van der Waals surface area contributed by atoms with Gasteiger partial charge < -0.3 is 15.3 Å². The van der Waals surface area contributed by atoms with Gasteiger partial charge in [0.25, 0.3) is 0 Å². The summed E-state index contributed by atoms with van der Waals surface area (Å²) in [6, 6.07) is 15.9. The first-order valence-corrected chi connectivity index (χ1v) is 12.6. The number of urea groups is 1. The van der Waals surface area contributed by atoms with Crippen molar-refractivity contribution in [3.63, 3.8) is 0 Å². The van der Waals surface area contributed by atoms with Gasteiger partial charge in [-0.1, -0.05) is 76.8 Å². The van der Waals surface area contributed by atoms with Gasteiger partial charge in [0, 0.05) is 23.5 Å². The van der Waals surface area contributed by atoms with Crippen molar-refractivity contribution in [2.24, 2.45) is 0 Å². The molecule has 4 rings (SSSR count). The monoisotopic (exact) mass is 526 g/mol. The van der Waals surface area contributed by atoms with E-state index in [0.717, 1.165) is 46.8 Å². The Morgan fingerprint density at radius 2 is 1.79 bits per heavy atom. The van der Waals surface area contributed by atoms with E-state index in [4.69, 9.17) is 0 Å². The molecule has 34 heavy (non-hydrogen) atoms. The van der Waals surface area contributed by atoms with Crippen LogP contribution in [0.1, 0.15) is 73.7 Å². The number of rotatable bonds is 8. The van der Waals surface area contributed by atoms with E-state index in [2.05, 4.69) is 41.9 Å². The number of nitrogens with zero attached hydrogens (tertiary/aromatic N) is 4. The lowest BCUT2D eigenvalue weighted by Gasteiger charge is -2.35. The van der Waals surface area contributed by atoms with Crippen LogP contribution >= 0.6 is 15.9 Å². The number of benzene rings is 2. The summed E-state index contributed by atoms with van der Waals surface area (Å²) in [5.41, 5.74) is 2.89. The van der Waals surface area contributed by atoms with Gasteiger partial charge in [-0.3, -0.25) is 0 Å². The maximum absolute atomic E-state index is 13.4. The van der Waals surface area contributed by atoms with Crippen molar-refractivity contribution in [3.8, 4) is 0 Å². The van der Waals surface area contributed by atoms with E-state index in [1.165, 1.54) is 6.42 Å².